The van der Waals surface area contributed by atoms with Crippen LogP contribution < -0.4 is 0 Å². The number of hydrogen-bond acceptors (Lipinski definition) is 2. The topological polar surface area (TPSA) is 34.1 Å². The van der Waals surface area contributed by atoms with E-state index in [4.69, 9.17) is 0 Å². The Hall–Kier alpha value is -1.58. The molecule has 0 aliphatic rings. The Labute approximate surface area is 79.5 Å². The van der Waals surface area contributed by atoms with Gasteiger partial charge in [-0.05, 0) is 37.1 Å². The molecule has 0 radical (unpaired) electrons. The zero-order valence-electron chi connectivity index (χ0n) is 7.73. The standard InChI is InChI=1S/C10H8F2O2/c1-5-3-8(10(12)14)6(2)4-7(5)9(11)13/h3-4H,1-2H3. The van der Waals surface area contributed by atoms with Gasteiger partial charge in [0.2, 0.25) is 0 Å². The van der Waals surface area contributed by atoms with Crippen LogP contribution in [0.4, 0.5) is 8.78 Å². The summed E-state index contributed by atoms with van der Waals surface area (Å²) < 4.78 is 24.8. The molecule has 0 spiro atoms. The van der Waals surface area contributed by atoms with E-state index in [1.807, 2.05) is 0 Å². The van der Waals surface area contributed by atoms with Gasteiger partial charge in [0.05, 0.1) is 11.1 Å². The normalized spacial score (nSPS) is 10.0. The molecule has 0 fully saturated rings. The minimum Gasteiger partial charge on any atom is -0.255 e. The van der Waals surface area contributed by atoms with Gasteiger partial charge in [-0.1, -0.05) is 0 Å². The van der Waals surface area contributed by atoms with Crippen LogP contribution in [-0.2, 0) is 0 Å². The first-order valence-electron chi connectivity index (χ1n) is 3.94. The second-order valence-electron chi connectivity index (χ2n) is 3.03. The van der Waals surface area contributed by atoms with Gasteiger partial charge in [-0.2, -0.15) is 8.78 Å². The molecule has 0 aliphatic carbocycles. The molecule has 1 rings (SSSR count). The zero-order chi connectivity index (χ0) is 10.9. The number of halogens is 2. The van der Waals surface area contributed by atoms with Crippen LogP contribution in [-0.4, -0.2) is 12.1 Å². The van der Waals surface area contributed by atoms with Crippen LogP contribution in [0, 0.1) is 13.8 Å². The van der Waals surface area contributed by atoms with Gasteiger partial charge in [0.1, 0.15) is 0 Å². The van der Waals surface area contributed by atoms with E-state index in [0.29, 0.717) is 0 Å². The van der Waals surface area contributed by atoms with Crippen LogP contribution in [0.5, 0.6) is 0 Å². The smallest absolute Gasteiger partial charge is 0.255 e. The predicted octanol–water partition coefficient (Wildman–Crippen LogP) is 2.52. The van der Waals surface area contributed by atoms with Crippen molar-refractivity contribution >= 4 is 12.1 Å². The van der Waals surface area contributed by atoms with Crippen molar-refractivity contribution in [2.45, 2.75) is 13.8 Å². The first-order valence-corrected chi connectivity index (χ1v) is 3.94. The van der Waals surface area contributed by atoms with Crippen LogP contribution >= 0.6 is 0 Å². The van der Waals surface area contributed by atoms with Gasteiger partial charge in [0, 0.05) is 0 Å². The van der Waals surface area contributed by atoms with Crippen molar-refractivity contribution in [2.24, 2.45) is 0 Å². The van der Waals surface area contributed by atoms with Crippen molar-refractivity contribution in [3.63, 3.8) is 0 Å². The molecule has 0 aliphatic heterocycles. The fourth-order valence-corrected chi connectivity index (χ4v) is 1.24. The highest BCUT2D eigenvalue weighted by atomic mass is 19.1. The lowest BCUT2D eigenvalue weighted by Gasteiger charge is -2.04. The third-order valence-corrected chi connectivity index (χ3v) is 1.99. The van der Waals surface area contributed by atoms with Crippen molar-refractivity contribution in [3.05, 3.63) is 34.4 Å². The number of carbonyl (C=O) groups is 2. The monoisotopic (exact) mass is 198 g/mol. The summed E-state index contributed by atoms with van der Waals surface area (Å²) in [5.41, 5.74) is 0.244. The third-order valence-electron chi connectivity index (χ3n) is 1.99. The number of hydrogen-bond donors (Lipinski definition) is 0. The molecule has 1 aromatic carbocycles. The quantitative estimate of drug-likeness (QED) is 0.684. The predicted molar refractivity (Wildman–Crippen MR) is 46.8 cm³/mol. The van der Waals surface area contributed by atoms with E-state index in [1.54, 1.807) is 0 Å². The molecule has 0 aromatic heterocycles. The van der Waals surface area contributed by atoms with Crippen molar-refractivity contribution in [3.8, 4) is 0 Å². The second kappa shape index (κ2) is 3.65. The largest absolute Gasteiger partial charge is 0.332 e. The van der Waals surface area contributed by atoms with Gasteiger partial charge in [0.15, 0.2) is 0 Å². The Bertz CT molecular complexity index is 371. The van der Waals surface area contributed by atoms with E-state index < -0.39 is 12.1 Å². The van der Waals surface area contributed by atoms with Crippen LogP contribution in [0.2, 0.25) is 0 Å². The van der Waals surface area contributed by atoms with E-state index >= 15 is 0 Å². The van der Waals surface area contributed by atoms with E-state index in [9.17, 15) is 18.4 Å². The van der Waals surface area contributed by atoms with Crippen molar-refractivity contribution < 1.29 is 18.4 Å². The van der Waals surface area contributed by atoms with E-state index in [0.717, 1.165) is 0 Å². The minimum atomic E-state index is -1.58. The highest BCUT2D eigenvalue weighted by Crippen LogP contribution is 2.17. The minimum absolute atomic E-state index is 0.132. The van der Waals surface area contributed by atoms with Gasteiger partial charge in [-0.25, -0.2) is 0 Å². The molecule has 1 aromatic rings. The summed E-state index contributed by atoms with van der Waals surface area (Å²) in [4.78, 5) is 20.9. The lowest BCUT2D eigenvalue weighted by molar-refractivity contribution is 0.0820. The molecule has 0 saturated heterocycles. The van der Waals surface area contributed by atoms with Crippen LogP contribution in [0.3, 0.4) is 0 Å². The first-order chi connectivity index (χ1) is 6.43. The Morgan fingerprint density at radius 3 is 1.43 bits per heavy atom. The molecule has 0 unspecified atom stereocenters. The van der Waals surface area contributed by atoms with Crippen LogP contribution in [0.25, 0.3) is 0 Å². The molecule has 14 heavy (non-hydrogen) atoms. The fourth-order valence-electron chi connectivity index (χ4n) is 1.24. The first kappa shape index (κ1) is 10.5. The molecule has 0 heterocycles. The lowest BCUT2D eigenvalue weighted by atomic mass is 10.0. The second-order valence-corrected chi connectivity index (χ2v) is 3.03. The average Bonchev–Trinajstić information content (AvgIpc) is 2.07. The Balaban J connectivity index is 3.38. The molecule has 0 bridgehead atoms. The SMILES string of the molecule is Cc1cc(C(=O)F)c(C)cc1C(=O)F. The maximum atomic E-state index is 12.4. The van der Waals surface area contributed by atoms with Crippen molar-refractivity contribution in [1.29, 1.82) is 0 Å². The summed E-state index contributed by atoms with van der Waals surface area (Å²) in [6.07, 6.45) is 0. The highest BCUT2D eigenvalue weighted by molar-refractivity contribution is 5.95. The number of rotatable bonds is 2. The van der Waals surface area contributed by atoms with Crippen molar-refractivity contribution in [1.82, 2.24) is 0 Å². The molecule has 0 amide bonds. The maximum absolute atomic E-state index is 12.4. The summed E-state index contributed by atoms with van der Waals surface area (Å²) in [5, 5.41) is 0. The molecule has 4 heteroatoms. The number of benzene rings is 1. The molecule has 0 N–H and O–H groups in total. The van der Waals surface area contributed by atoms with E-state index in [2.05, 4.69) is 0 Å². The maximum Gasteiger partial charge on any atom is 0.332 e. The van der Waals surface area contributed by atoms with Gasteiger partial charge < -0.3 is 0 Å². The third kappa shape index (κ3) is 1.84. The van der Waals surface area contributed by atoms with Crippen LogP contribution in [0.1, 0.15) is 31.8 Å². The molecular formula is C10H8F2O2. The molecular weight excluding hydrogens is 190 g/mol. The molecule has 0 atom stereocenters. The summed E-state index contributed by atoms with van der Waals surface area (Å²) in [6.45, 7) is 2.89. The van der Waals surface area contributed by atoms with Crippen LogP contribution in [0.15, 0.2) is 12.1 Å². The van der Waals surface area contributed by atoms with E-state index in [-0.39, 0.29) is 22.3 Å². The highest BCUT2D eigenvalue weighted by Gasteiger charge is 2.14. The molecule has 74 valence electrons. The van der Waals surface area contributed by atoms with Gasteiger partial charge in [-0.3, -0.25) is 9.59 Å². The fraction of sp³-hybridized carbons (Fsp3) is 0.200. The summed E-state index contributed by atoms with van der Waals surface area (Å²) in [7, 11) is 0. The zero-order valence-corrected chi connectivity index (χ0v) is 7.73. The Morgan fingerprint density at radius 2 is 1.21 bits per heavy atom. The molecule has 0 saturated carbocycles. The summed E-state index contributed by atoms with van der Waals surface area (Å²) in [5.74, 6) is 0. The van der Waals surface area contributed by atoms with Gasteiger partial charge in [-0.15, -0.1) is 0 Å². The number of carbonyl (C=O) groups excluding carboxylic acids is 2. The van der Waals surface area contributed by atoms with E-state index in [1.165, 1.54) is 26.0 Å². The Kier molecular flexibility index (Phi) is 2.74. The number of aryl methyl sites for hydroxylation is 2. The Morgan fingerprint density at radius 1 is 0.929 bits per heavy atom. The lowest BCUT2D eigenvalue weighted by Crippen LogP contribution is -2.01. The summed E-state index contributed by atoms with van der Waals surface area (Å²) in [6, 6.07) is -0.818. The summed E-state index contributed by atoms with van der Waals surface area (Å²) >= 11 is 0. The van der Waals surface area contributed by atoms with Crippen molar-refractivity contribution in [2.75, 3.05) is 0 Å². The van der Waals surface area contributed by atoms with Gasteiger partial charge >= 0.3 is 12.1 Å². The van der Waals surface area contributed by atoms with Gasteiger partial charge in [0.25, 0.3) is 0 Å². The average molecular weight is 198 g/mol. The molecule has 2 nitrogen and oxygen atoms in total.